The van der Waals surface area contributed by atoms with E-state index in [-0.39, 0.29) is 61.5 Å². The highest BCUT2D eigenvalue weighted by Gasteiger charge is 2.38. The third-order valence-corrected chi connectivity index (χ3v) is 13.1. The molecule has 2 aromatic carbocycles. The first kappa shape index (κ1) is 46.7. The van der Waals surface area contributed by atoms with Gasteiger partial charge in [-0.1, -0.05) is 36.7 Å². The molecule has 4 aliphatic rings. The third-order valence-electron chi connectivity index (χ3n) is 12.8. The van der Waals surface area contributed by atoms with Crippen LogP contribution in [-0.4, -0.2) is 144 Å². The number of phenolic OH excluding ortho intramolecular Hbond substituents is 1. The predicted octanol–water partition coefficient (Wildman–Crippen LogP) is 6.42. The van der Waals surface area contributed by atoms with Gasteiger partial charge in [0.15, 0.2) is 6.10 Å². The lowest BCUT2D eigenvalue weighted by atomic mass is 9.83. The second-order valence-corrected chi connectivity index (χ2v) is 17.4. The van der Waals surface area contributed by atoms with Crippen molar-refractivity contribution in [2.75, 3.05) is 77.9 Å². The van der Waals surface area contributed by atoms with Gasteiger partial charge in [0.25, 0.3) is 5.91 Å². The van der Waals surface area contributed by atoms with Crippen LogP contribution in [0, 0.1) is 11.8 Å². The number of likely N-dealkylation sites (tertiary alicyclic amines) is 3. The minimum Gasteiger partial charge on any atom is -0.506 e. The zero-order chi connectivity index (χ0) is 44.6. The lowest BCUT2D eigenvalue weighted by molar-refractivity contribution is -0.145. The molecular weight excluding hydrogens is 833 g/mol. The molecule has 2 atom stereocenters. The van der Waals surface area contributed by atoms with Crippen molar-refractivity contribution in [3.8, 4) is 5.75 Å². The number of ether oxygens (including phenoxy) is 2. The van der Waals surface area contributed by atoms with Gasteiger partial charge >= 0.3 is 24.3 Å². The first-order valence-corrected chi connectivity index (χ1v) is 22.1. The van der Waals surface area contributed by atoms with Crippen molar-refractivity contribution in [2.24, 2.45) is 11.8 Å². The van der Waals surface area contributed by atoms with Gasteiger partial charge in [0.05, 0.1) is 23.6 Å². The van der Waals surface area contributed by atoms with E-state index in [2.05, 4.69) is 17.1 Å². The zero-order valence-electron chi connectivity index (χ0n) is 35.5. The Bertz CT molecular complexity index is 1920. The van der Waals surface area contributed by atoms with Crippen molar-refractivity contribution in [1.82, 2.24) is 24.5 Å². The number of hydrogen-bond donors (Lipinski definition) is 2. The van der Waals surface area contributed by atoms with E-state index in [4.69, 9.17) is 21.1 Å². The molecule has 62 heavy (non-hydrogen) atoms. The summed E-state index contributed by atoms with van der Waals surface area (Å²) in [5.41, 5.74) is 0.404. The summed E-state index contributed by atoms with van der Waals surface area (Å²) in [6.07, 6.45) is -1.93. The SMILES string of the molecule is CC(CCN(C)C(=O)[C@@H](Cc1cc(Cl)c(O)c(C(F)(F)F)c1)OC(=O)N1CCC(N2CCc3ccccc3NC2=O)CC1)C1CCN(CCC(=O)OCCN2CCCC2=O)CC1. The summed E-state index contributed by atoms with van der Waals surface area (Å²) in [6.45, 7) is 6.94. The smallest absolute Gasteiger partial charge is 0.420 e. The van der Waals surface area contributed by atoms with Crippen LogP contribution < -0.4 is 5.32 Å². The summed E-state index contributed by atoms with van der Waals surface area (Å²) >= 11 is 6.02. The number of anilines is 1. The van der Waals surface area contributed by atoms with Crippen LogP contribution in [0.4, 0.5) is 28.4 Å². The Morgan fingerprint density at radius 3 is 2.40 bits per heavy atom. The summed E-state index contributed by atoms with van der Waals surface area (Å²) in [5.74, 6) is -1.32. The highest BCUT2D eigenvalue weighted by Crippen LogP contribution is 2.41. The van der Waals surface area contributed by atoms with E-state index >= 15 is 0 Å². The Hall–Kier alpha value is -4.77. The third kappa shape index (κ3) is 12.2. The summed E-state index contributed by atoms with van der Waals surface area (Å²) < 4.78 is 52.7. The van der Waals surface area contributed by atoms with Crippen molar-refractivity contribution < 1.29 is 51.7 Å². The summed E-state index contributed by atoms with van der Waals surface area (Å²) in [5, 5.41) is 12.5. The molecule has 4 aliphatic heterocycles. The Labute approximate surface area is 365 Å². The normalized spacial score (nSPS) is 19.1. The van der Waals surface area contributed by atoms with Gasteiger partial charge in [-0.05, 0) is 99.2 Å². The number of nitrogens with one attached hydrogen (secondary N) is 1. The van der Waals surface area contributed by atoms with Crippen LogP contribution in [0.5, 0.6) is 5.75 Å². The van der Waals surface area contributed by atoms with Crippen LogP contribution in [0.3, 0.4) is 0 Å². The van der Waals surface area contributed by atoms with E-state index in [1.54, 1.807) is 16.8 Å². The Kier molecular flexibility index (Phi) is 15.9. The number of piperidine rings is 2. The molecular formula is C44H58ClF3N6O8. The number of urea groups is 1. The standard InChI is InChI=1S/C44H58ClF3N6O8/c1-29(31-10-18-51(19-11-31)20-15-39(56)61-25-24-52-16-5-8-38(52)55)9-17-50(2)41(58)37(28-30-26-34(44(46,47)48)40(57)35(45)27-30)62-43(60)53-21-13-33(14-22-53)54-23-12-32-6-3-4-7-36(32)49-42(54)59/h3-4,6-7,26-27,29,31,33,37,57H,5,8-25,28H2,1-2H3,(H,49,59)/t29?,37-/m1/s1. The quantitative estimate of drug-likeness (QED) is 0.193. The van der Waals surface area contributed by atoms with Crippen LogP contribution in [0.2, 0.25) is 5.02 Å². The molecule has 0 aliphatic carbocycles. The maximum atomic E-state index is 14.0. The Balaban J connectivity index is 1.00. The summed E-state index contributed by atoms with van der Waals surface area (Å²) in [7, 11) is 1.57. The molecule has 0 bridgehead atoms. The number of hydrogen-bond acceptors (Lipinski definition) is 9. The topological polar surface area (TPSA) is 152 Å². The molecule has 340 valence electrons. The summed E-state index contributed by atoms with van der Waals surface area (Å²) in [6, 6.07) is 9.11. The van der Waals surface area contributed by atoms with Gasteiger partial charge in [-0.3, -0.25) is 14.4 Å². The largest absolute Gasteiger partial charge is 0.506 e. The van der Waals surface area contributed by atoms with Crippen molar-refractivity contribution in [1.29, 1.82) is 0 Å². The molecule has 3 saturated heterocycles. The van der Waals surface area contributed by atoms with E-state index in [1.807, 2.05) is 24.3 Å². The average Bonchev–Trinajstić information content (AvgIpc) is 3.58. The maximum Gasteiger partial charge on any atom is 0.420 e. The van der Waals surface area contributed by atoms with Crippen molar-refractivity contribution >= 4 is 47.2 Å². The highest BCUT2D eigenvalue weighted by atomic mass is 35.5. The molecule has 6 rings (SSSR count). The number of aromatic hydroxyl groups is 1. The van der Waals surface area contributed by atoms with Gasteiger partial charge in [0.2, 0.25) is 5.91 Å². The van der Waals surface area contributed by atoms with Gasteiger partial charge in [0.1, 0.15) is 12.4 Å². The molecule has 5 amide bonds. The number of halogens is 4. The van der Waals surface area contributed by atoms with Gasteiger partial charge < -0.3 is 44.4 Å². The van der Waals surface area contributed by atoms with Crippen molar-refractivity contribution in [2.45, 2.75) is 89.5 Å². The molecule has 4 heterocycles. The lowest BCUT2D eigenvalue weighted by Crippen LogP contribution is -2.51. The molecule has 2 N–H and O–H groups in total. The number of amides is 5. The lowest BCUT2D eigenvalue weighted by Gasteiger charge is -2.38. The fourth-order valence-corrected chi connectivity index (χ4v) is 9.19. The van der Waals surface area contributed by atoms with E-state index in [0.717, 1.165) is 49.7 Å². The van der Waals surface area contributed by atoms with Crippen molar-refractivity contribution in [3.05, 3.63) is 58.1 Å². The van der Waals surface area contributed by atoms with E-state index in [0.29, 0.717) is 76.8 Å². The minimum atomic E-state index is -4.93. The highest BCUT2D eigenvalue weighted by molar-refractivity contribution is 6.32. The fourth-order valence-electron chi connectivity index (χ4n) is 8.94. The van der Waals surface area contributed by atoms with Gasteiger partial charge in [-0.2, -0.15) is 13.2 Å². The van der Waals surface area contributed by atoms with E-state index < -0.39 is 47.0 Å². The predicted molar refractivity (Wildman–Crippen MR) is 225 cm³/mol. The Morgan fingerprint density at radius 2 is 1.71 bits per heavy atom. The number of benzene rings is 2. The van der Waals surface area contributed by atoms with E-state index in [1.165, 1.54) is 9.80 Å². The molecule has 18 heteroatoms. The van der Waals surface area contributed by atoms with Crippen LogP contribution in [0.1, 0.15) is 75.0 Å². The second kappa shape index (κ2) is 21.1. The second-order valence-electron chi connectivity index (χ2n) is 17.0. The molecule has 0 aromatic heterocycles. The molecule has 0 radical (unpaired) electrons. The zero-order valence-corrected chi connectivity index (χ0v) is 36.2. The number of carbonyl (C=O) groups is 5. The Morgan fingerprint density at radius 1 is 0.984 bits per heavy atom. The molecule has 0 saturated carbocycles. The number of phenols is 1. The number of esters is 1. The van der Waals surface area contributed by atoms with Crippen LogP contribution in [0.15, 0.2) is 36.4 Å². The average molecular weight is 891 g/mol. The fraction of sp³-hybridized carbons (Fsp3) is 0.614. The number of para-hydroxylation sites is 1. The maximum absolute atomic E-state index is 14.0. The minimum absolute atomic E-state index is 0.0430. The molecule has 14 nitrogen and oxygen atoms in total. The molecule has 3 fully saturated rings. The van der Waals surface area contributed by atoms with Gasteiger partial charge in [-0.25, -0.2) is 9.59 Å². The van der Waals surface area contributed by atoms with E-state index in [9.17, 15) is 42.3 Å². The van der Waals surface area contributed by atoms with Crippen molar-refractivity contribution in [3.63, 3.8) is 0 Å². The van der Waals surface area contributed by atoms with Crippen LogP contribution in [0.25, 0.3) is 0 Å². The molecule has 0 spiro atoms. The van der Waals surface area contributed by atoms with Crippen LogP contribution in [-0.2, 0) is 42.9 Å². The molecule has 1 unspecified atom stereocenters. The number of nitrogens with zero attached hydrogens (tertiary/aromatic N) is 5. The number of rotatable bonds is 15. The monoisotopic (exact) mass is 890 g/mol. The van der Waals surface area contributed by atoms with Gasteiger partial charge in [0, 0.05) is 70.9 Å². The number of carbonyl (C=O) groups excluding carboxylic acids is 5. The number of fused-ring (bicyclic) bond motifs is 1. The first-order valence-electron chi connectivity index (χ1n) is 21.7. The number of alkyl halides is 3. The summed E-state index contributed by atoms with van der Waals surface area (Å²) in [4.78, 5) is 73.5. The molecule has 2 aromatic rings. The first-order chi connectivity index (χ1) is 29.6. The van der Waals surface area contributed by atoms with Gasteiger partial charge in [-0.15, -0.1) is 0 Å². The number of likely N-dealkylation sites (N-methyl/N-ethyl adjacent to an activating group) is 1. The van der Waals surface area contributed by atoms with Crippen LogP contribution >= 0.6 is 11.6 Å².